The highest BCUT2D eigenvalue weighted by Crippen LogP contribution is 2.05. The van der Waals surface area contributed by atoms with Crippen LogP contribution in [0.4, 0.5) is 0 Å². The van der Waals surface area contributed by atoms with E-state index in [1.165, 1.54) is 0 Å². The second kappa shape index (κ2) is 5.38. The van der Waals surface area contributed by atoms with E-state index in [2.05, 4.69) is 11.4 Å². The molecule has 0 bridgehead atoms. The summed E-state index contributed by atoms with van der Waals surface area (Å²) in [4.78, 5) is 0. The van der Waals surface area contributed by atoms with Gasteiger partial charge in [0.05, 0.1) is 11.6 Å². The van der Waals surface area contributed by atoms with E-state index in [1.54, 1.807) is 6.07 Å². The monoisotopic (exact) mass is 189 g/mol. The molecule has 0 heterocycles. The fourth-order valence-corrected chi connectivity index (χ4v) is 1.40. The smallest absolute Gasteiger partial charge is 0.0991 e. The topological polar surface area (TPSA) is 61.8 Å². The number of nitrogens with zero attached hydrogens (tertiary/aromatic N) is 1. The lowest BCUT2D eigenvalue weighted by molar-refractivity contribution is 0.616. The highest BCUT2D eigenvalue weighted by atomic mass is 14.9. The molecule has 0 saturated heterocycles. The van der Waals surface area contributed by atoms with Gasteiger partial charge in [-0.05, 0) is 31.2 Å². The minimum atomic E-state index is 0.106. The van der Waals surface area contributed by atoms with Gasteiger partial charge in [-0.25, -0.2) is 0 Å². The molecule has 1 atom stereocenters. The minimum absolute atomic E-state index is 0.106. The van der Waals surface area contributed by atoms with E-state index in [0.717, 1.165) is 18.5 Å². The van der Waals surface area contributed by atoms with E-state index in [1.807, 2.05) is 25.2 Å². The van der Waals surface area contributed by atoms with Gasteiger partial charge in [-0.15, -0.1) is 0 Å². The second-order valence-corrected chi connectivity index (χ2v) is 3.33. The van der Waals surface area contributed by atoms with Gasteiger partial charge in [0.25, 0.3) is 0 Å². The third-order valence-corrected chi connectivity index (χ3v) is 2.02. The molecule has 3 N–H and O–H groups in total. The molecule has 1 rings (SSSR count). The van der Waals surface area contributed by atoms with Crippen molar-refractivity contribution in [1.29, 1.82) is 5.26 Å². The molecular weight excluding hydrogens is 174 g/mol. The van der Waals surface area contributed by atoms with Crippen LogP contribution in [0.1, 0.15) is 11.1 Å². The van der Waals surface area contributed by atoms with Crippen molar-refractivity contribution in [2.45, 2.75) is 12.5 Å². The van der Waals surface area contributed by atoms with Crippen molar-refractivity contribution in [2.75, 3.05) is 13.6 Å². The molecule has 0 spiro atoms. The highest BCUT2D eigenvalue weighted by Gasteiger charge is 2.02. The van der Waals surface area contributed by atoms with Gasteiger partial charge in [-0.2, -0.15) is 5.26 Å². The maximum atomic E-state index is 8.71. The Morgan fingerprint density at radius 3 is 3.00 bits per heavy atom. The van der Waals surface area contributed by atoms with E-state index in [0.29, 0.717) is 5.56 Å². The quantitative estimate of drug-likeness (QED) is 0.731. The van der Waals surface area contributed by atoms with Gasteiger partial charge in [0.2, 0.25) is 0 Å². The number of rotatable bonds is 4. The Balaban J connectivity index is 2.63. The van der Waals surface area contributed by atoms with Crippen LogP contribution in [-0.2, 0) is 6.42 Å². The van der Waals surface area contributed by atoms with Crippen LogP contribution in [0.15, 0.2) is 24.3 Å². The molecule has 0 aliphatic rings. The van der Waals surface area contributed by atoms with Crippen LogP contribution in [0.3, 0.4) is 0 Å². The van der Waals surface area contributed by atoms with E-state index in [9.17, 15) is 0 Å². The SMILES string of the molecule is CNCC(N)Cc1cccc(C#N)c1. The van der Waals surface area contributed by atoms with Crippen LogP contribution in [0, 0.1) is 11.3 Å². The van der Waals surface area contributed by atoms with Crippen molar-refractivity contribution in [3.8, 4) is 6.07 Å². The Morgan fingerprint density at radius 2 is 2.36 bits per heavy atom. The summed E-state index contributed by atoms with van der Waals surface area (Å²) >= 11 is 0. The number of benzene rings is 1. The molecule has 0 radical (unpaired) electrons. The summed E-state index contributed by atoms with van der Waals surface area (Å²) in [6.07, 6.45) is 0.802. The fourth-order valence-electron chi connectivity index (χ4n) is 1.40. The summed E-state index contributed by atoms with van der Waals surface area (Å²) in [7, 11) is 1.88. The highest BCUT2D eigenvalue weighted by molar-refractivity contribution is 5.33. The predicted molar refractivity (Wildman–Crippen MR) is 56.8 cm³/mol. The van der Waals surface area contributed by atoms with Crippen molar-refractivity contribution in [3.63, 3.8) is 0 Å². The van der Waals surface area contributed by atoms with Gasteiger partial charge in [-0.3, -0.25) is 0 Å². The molecule has 1 aromatic rings. The van der Waals surface area contributed by atoms with E-state index >= 15 is 0 Å². The van der Waals surface area contributed by atoms with Gasteiger partial charge in [0, 0.05) is 12.6 Å². The zero-order chi connectivity index (χ0) is 10.4. The van der Waals surface area contributed by atoms with Crippen LogP contribution < -0.4 is 11.1 Å². The van der Waals surface area contributed by atoms with Crippen molar-refractivity contribution in [1.82, 2.24) is 5.32 Å². The summed E-state index contributed by atoms with van der Waals surface area (Å²) in [5, 5.41) is 11.7. The number of nitrogens with two attached hydrogens (primary N) is 1. The maximum absolute atomic E-state index is 8.71. The third kappa shape index (κ3) is 3.17. The molecule has 14 heavy (non-hydrogen) atoms. The largest absolute Gasteiger partial charge is 0.326 e. The van der Waals surface area contributed by atoms with Gasteiger partial charge in [0.1, 0.15) is 0 Å². The molecule has 0 fully saturated rings. The number of hydrogen-bond acceptors (Lipinski definition) is 3. The summed E-state index contributed by atoms with van der Waals surface area (Å²) in [5.74, 6) is 0. The Morgan fingerprint density at radius 1 is 1.57 bits per heavy atom. The first-order valence-corrected chi connectivity index (χ1v) is 4.65. The van der Waals surface area contributed by atoms with Gasteiger partial charge in [0.15, 0.2) is 0 Å². The first kappa shape index (κ1) is 10.7. The number of nitrogens with one attached hydrogen (secondary N) is 1. The second-order valence-electron chi connectivity index (χ2n) is 3.33. The summed E-state index contributed by atoms with van der Waals surface area (Å²) < 4.78 is 0. The van der Waals surface area contributed by atoms with E-state index in [4.69, 9.17) is 11.0 Å². The maximum Gasteiger partial charge on any atom is 0.0991 e. The lowest BCUT2D eigenvalue weighted by Crippen LogP contribution is -2.33. The Bertz CT molecular complexity index is 328. The average Bonchev–Trinajstić information content (AvgIpc) is 2.18. The lowest BCUT2D eigenvalue weighted by Gasteiger charge is -2.10. The first-order valence-electron chi connectivity index (χ1n) is 4.65. The van der Waals surface area contributed by atoms with Crippen LogP contribution in [0.2, 0.25) is 0 Å². The van der Waals surface area contributed by atoms with Crippen molar-refractivity contribution >= 4 is 0 Å². The normalized spacial score (nSPS) is 12.1. The third-order valence-electron chi connectivity index (χ3n) is 2.02. The Hall–Kier alpha value is -1.37. The van der Waals surface area contributed by atoms with Crippen LogP contribution in [0.5, 0.6) is 0 Å². The average molecular weight is 189 g/mol. The first-order chi connectivity index (χ1) is 6.76. The van der Waals surface area contributed by atoms with Crippen molar-refractivity contribution < 1.29 is 0 Å². The molecule has 0 aliphatic carbocycles. The van der Waals surface area contributed by atoms with Crippen molar-refractivity contribution in [3.05, 3.63) is 35.4 Å². The van der Waals surface area contributed by atoms with Crippen LogP contribution in [0.25, 0.3) is 0 Å². The number of nitriles is 1. The molecule has 1 unspecified atom stereocenters. The molecule has 74 valence electrons. The summed E-state index contributed by atoms with van der Waals surface area (Å²) in [5.41, 5.74) is 7.67. The fraction of sp³-hybridized carbons (Fsp3) is 0.364. The van der Waals surface area contributed by atoms with E-state index in [-0.39, 0.29) is 6.04 Å². The van der Waals surface area contributed by atoms with E-state index < -0.39 is 0 Å². The molecule has 3 heteroatoms. The standard InChI is InChI=1S/C11H15N3/c1-14-8-11(13)6-9-3-2-4-10(5-9)7-12/h2-5,11,14H,6,8,13H2,1H3. The molecule has 0 aliphatic heterocycles. The Labute approximate surface area is 84.5 Å². The molecular formula is C11H15N3. The van der Waals surface area contributed by atoms with Gasteiger partial charge in [-0.1, -0.05) is 12.1 Å². The molecule has 1 aromatic carbocycles. The molecule has 0 amide bonds. The summed E-state index contributed by atoms with van der Waals surface area (Å²) in [6.45, 7) is 0.788. The summed E-state index contributed by atoms with van der Waals surface area (Å²) in [6, 6.07) is 9.79. The predicted octanol–water partition coefficient (Wildman–Crippen LogP) is 0.647. The molecule has 0 saturated carbocycles. The molecule has 0 aromatic heterocycles. The van der Waals surface area contributed by atoms with Gasteiger partial charge >= 0.3 is 0 Å². The lowest BCUT2D eigenvalue weighted by atomic mass is 10.0. The van der Waals surface area contributed by atoms with Crippen LogP contribution in [-0.4, -0.2) is 19.6 Å². The molecule has 3 nitrogen and oxygen atoms in total. The van der Waals surface area contributed by atoms with Crippen LogP contribution >= 0.6 is 0 Å². The zero-order valence-corrected chi connectivity index (χ0v) is 8.33. The Kier molecular flexibility index (Phi) is 4.11. The number of likely N-dealkylation sites (N-methyl/N-ethyl adjacent to an activating group) is 1. The van der Waals surface area contributed by atoms with Gasteiger partial charge < -0.3 is 11.1 Å². The van der Waals surface area contributed by atoms with Crippen molar-refractivity contribution in [2.24, 2.45) is 5.73 Å². The number of hydrogen-bond donors (Lipinski definition) is 2. The zero-order valence-electron chi connectivity index (χ0n) is 8.33. The minimum Gasteiger partial charge on any atom is -0.326 e.